The van der Waals surface area contributed by atoms with Gasteiger partial charge in [-0.1, -0.05) is 12.1 Å². The fourth-order valence-electron chi connectivity index (χ4n) is 1.68. The van der Waals surface area contributed by atoms with Crippen LogP contribution in [0.1, 0.15) is 32.1 Å². The Labute approximate surface area is 99.3 Å². The van der Waals surface area contributed by atoms with Crippen LogP contribution in [0.4, 0.5) is 0 Å². The molecule has 2 rings (SSSR count). The lowest BCUT2D eigenvalue weighted by Crippen LogP contribution is -2.24. The molecule has 0 fully saturated rings. The predicted molar refractivity (Wildman–Crippen MR) is 62.0 cm³/mol. The Hall–Kier alpha value is -1.82. The molecule has 0 aromatic carbocycles. The molecule has 0 saturated carbocycles. The summed E-state index contributed by atoms with van der Waals surface area (Å²) in [5, 5.41) is 3.89. The Kier molecular flexibility index (Phi) is 3.43. The molecule has 0 aliphatic heterocycles. The van der Waals surface area contributed by atoms with Gasteiger partial charge in [0.25, 0.3) is 0 Å². The smallest absolute Gasteiger partial charge is 0.231 e. The third-order valence-corrected chi connectivity index (χ3v) is 2.63. The number of nitrogens with zero attached hydrogens (tertiary/aromatic N) is 4. The minimum atomic E-state index is -0.0184. The Balaban J connectivity index is 2.27. The summed E-state index contributed by atoms with van der Waals surface area (Å²) in [5.74, 6) is 1.09. The van der Waals surface area contributed by atoms with Crippen molar-refractivity contribution in [3.63, 3.8) is 0 Å². The molecule has 2 N–H and O–H groups in total. The first-order valence-corrected chi connectivity index (χ1v) is 5.58. The maximum absolute atomic E-state index is 5.87. The van der Waals surface area contributed by atoms with E-state index in [0.717, 1.165) is 6.42 Å². The lowest BCUT2D eigenvalue weighted by Gasteiger charge is -2.13. The first-order valence-electron chi connectivity index (χ1n) is 5.58. The van der Waals surface area contributed by atoms with Crippen LogP contribution in [0, 0.1) is 0 Å². The molecule has 2 aromatic heterocycles. The molecule has 0 amide bonds. The fourth-order valence-corrected chi connectivity index (χ4v) is 1.68. The van der Waals surface area contributed by atoms with Crippen LogP contribution in [0.15, 0.2) is 23.1 Å². The standard InChI is InChI=1S/C11H15N5O/c1-3-8(7(2)12)11-15-10(16-17-11)9-6-13-4-5-14-9/h4-8H,3,12H2,1-2H3. The van der Waals surface area contributed by atoms with E-state index in [9.17, 15) is 0 Å². The van der Waals surface area contributed by atoms with Gasteiger partial charge in [-0.25, -0.2) is 4.98 Å². The van der Waals surface area contributed by atoms with Crippen LogP contribution in [-0.4, -0.2) is 26.2 Å². The average molecular weight is 233 g/mol. The van der Waals surface area contributed by atoms with Crippen molar-refractivity contribution < 1.29 is 4.52 Å². The summed E-state index contributed by atoms with van der Waals surface area (Å²) < 4.78 is 5.22. The highest BCUT2D eigenvalue weighted by atomic mass is 16.5. The van der Waals surface area contributed by atoms with Gasteiger partial charge in [0.15, 0.2) is 0 Å². The van der Waals surface area contributed by atoms with E-state index < -0.39 is 0 Å². The number of nitrogens with two attached hydrogens (primary N) is 1. The van der Waals surface area contributed by atoms with Crippen molar-refractivity contribution in [1.29, 1.82) is 0 Å². The summed E-state index contributed by atoms with van der Waals surface area (Å²) in [5.41, 5.74) is 6.47. The van der Waals surface area contributed by atoms with Crippen molar-refractivity contribution >= 4 is 0 Å². The van der Waals surface area contributed by atoms with E-state index in [0.29, 0.717) is 17.4 Å². The van der Waals surface area contributed by atoms with Crippen LogP contribution in [0.2, 0.25) is 0 Å². The van der Waals surface area contributed by atoms with Gasteiger partial charge in [0, 0.05) is 18.4 Å². The van der Waals surface area contributed by atoms with Gasteiger partial charge in [-0.3, -0.25) is 4.98 Å². The molecule has 6 heteroatoms. The normalized spacial score (nSPS) is 14.5. The first kappa shape index (κ1) is 11.7. The molecule has 0 bridgehead atoms. The van der Waals surface area contributed by atoms with Crippen LogP contribution < -0.4 is 5.73 Å². The van der Waals surface area contributed by atoms with E-state index in [-0.39, 0.29) is 12.0 Å². The minimum absolute atomic E-state index is 0.0184. The van der Waals surface area contributed by atoms with Crippen LogP contribution in [0.5, 0.6) is 0 Å². The van der Waals surface area contributed by atoms with Crippen molar-refractivity contribution in [2.24, 2.45) is 5.73 Å². The lowest BCUT2D eigenvalue weighted by atomic mass is 9.99. The maximum Gasteiger partial charge on any atom is 0.231 e. The van der Waals surface area contributed by atoms with E-state index in [2.05, 4.69) is 20.1 Å². The number of rotatable bonds is 4. The molecule has 2 unspecified atom stereocenters. The molecule has 6 nitrogen and oxygen atoms in total. The largest absolute Gasteiger partial charge is 0.339 e. The second-order valence-electron chi connectivity index (χ2n) is 3.92. The Morgan fingerprint density at radius 3 is 2.82 bits per heavy atom. The lowest BCUT2D eigenvalue weighted by molar-refractivity contribution is 0.334. The summed E-state index contributed by atoms with van der Waals surface area (Å²) in [6.07, 6.45) is 5.65. The van der Waals surface area contributed by atoms with Gasteiger partial charge in [-0.2, -0.15) is 4.98 Å². The predicted octanol–water partition coefficient (Wildman–Crippen LogP) is 1.37. The zero-order valence-electron chi connectivity index (χ0n) is 9.87. The fraction of sp³-hybridized carbons (Fsp3) is 0.455. The second kappa shape index (κ2) is 5.01. The Morgan fingerprint density at radius 2 is 2.24 bits per heavy atom. The monoisotopic (exact) mass is 233 g/mol. The molecular formula is C11H15N5O. The van der Waals surface area contributed by atoms with Crippen LogP contribution in [0.25, 0.3) is 11.5 Å². The molecule has 2 heterocycles. The van der Waals surface area contributed by atoms with E-state index in [1.165, 1.54) is 0 Å². The van der Waals surface area contributed by atoms with Gasteiger partial charge >= 0.3 is 0 Å². The number of aromatic nitrogens is 4. The van der Waals surface area contributed by atoms with E-state index in [4.69, 9.17) is 10.3 Å². The summed E-state index contributed by atoms with van der Waals surface area (Å²) in [6, 6.07) is -0.0184. The third-order valence-electron chi connectivity index (χ3n) is 2.63. The van der Waals surface area contributed by atoms with Crippen molar-refractivity contribution in [1.82, 2.24) is 20.1 Å². The zero-order chi connectivity index (χ0) is 12.3. The number of hydrogen-bond donors (Lipinski definition) is 1. The molecular weight excluding hydrogens is 218 g/mol. The summed E-state index contributed by atoms with van der Waals surface area (Å²) in [4.78, 5) is 12.4. The molecule has 90 valence electrons. The van der Waals surface area contributed by atoms with Crippen molar-refractivity contribution in [2.75, 3.05) is 0 Å². The van der Waals surface area contributed by atoms with Crippen LogP contribution in [0.3, 0.4) is 0 Å². The van der Waals surface area contributed by atoms with Gasteiger partial charge in [-0.05, 0) is 13.3 Å². The van der Waals surface area contributed by atoms with Gasteiger partial charge in [0.2, 0.25) is 11.7 Å². The highest BCUT2D eigenvalue weighted by molar-refractivity contribution is 5.45. The Bertz CT molecular complexity index is 468. The second-order valence-corrected chi connectivity index (χ2v) is 3.92. The molecule has 0 aliphatic rings. The maximum atomic E-state index is 5.87. The first-order chi connectivity index (χ1) is 8.22. The van der Waals surface area contributed by atoms with Gasteiger partial charge in [0.05, 0.1) is 12.1 Å². The number of hydrogen-bond acceptors (Lipinski definition) is 6. The van der Waals surface area contributed by atoms with Crippen molar-refractivity contribution in [3.8, 4) is 11.5 Å². The van der Waals surface area contributed by atoms with Gasteiger partial charge < -0.3 is 10.3 Å². The average Bonchev–Trinajstić information content (AvgIpc) is 2.80. The van der Waals surface area contributed by atoms with E-state index >= 15 is 0 Å². The molecule has 0 spiro atoms. The van der Waals surface area contributed by atoms with Crippen LogP contribution in [-0.2, 0) is 0 Å². The SMILES string of the molecule is CCC(c1nc(-c2cnccn2)no1)C(C)N. The Morgan fingerprint density at radius 1 is 1.41 bits per heavy atom. The van der Waals surface area contributed by atoms with Gasteiger partial charge in [0.1, 0.15) is 5.69 Å². The topological polar surface area (TPSA) is 90.7 Å². The third kappa shape index (κ3) is 2.47. The molecule has 0 radical (unpaired) electrons. The molecule has 0 aliphatic carbocycles. The van der Waals surface area contributed by atoms with Crippen LogP contribution >= 0.6 is 0 Å². The molecule has 2 atom stereocenters. The molecule has 0 saturated heterocycles. The summed E-state index contributed by atoms with van der Waals surface area (Å²) in [6.45, 7) is 3.97. The van der Waals surface area contributed by atoms with Crippen molar-refractivity contribution in [3.05, 3.63) is 24.5 Å². The van der Waals surface area contributed by atoms with Gasteiger partial charge in [-0.15, -0.1) is 0 Å². The van der Waals surface area contributed by atoms with E-state index in [1.54, 1.807) is 18.6 Å². The quantitative estimate of drug-likeness (QED) is 0.857. The highest BCUT2D eigenvalue weighted by Gasteiger charge is 2.21. The summed E-state index contributed by atoms with van der Waals surface area (Å²) in [7, 11) is 0. The molecule has 2 aromatic rings. The van der Waals surface area contributed by atoms with E-state index in [1.807, 2.05) is 13.8 Å². The highest BCUT2D eigenvalue weighted by Crippen LogP contribution is 2.22. The minimum Gasteiger partial charge on any atom is -0.339 e. The van der Waals surface area contributed by atoms with Crippen molar-refractivity contribution in [2.45, 2.75) is 32.2 Å². The zero-order valence-corrected chi connectivity index (χ0v) is 9.87. The summed E-state index contributed by atoms with van der Waals surface area (Å²) >= 11 is 0. The molecule has 17 heavy (non-hydrogen) atoms.